The largest absolute Gasteiger partial charge is 0.309 e. The summed E-state index contributed by atoms with van der Waals surface area (Å²) < 4.78 is 2.47. The molecule has 0 saturated heterocycles. The third-order valence-electron chi connectivity index (χ3n) is 10.2. The van der Waals surface area contributed by atoms with Crippen molar-refractivity contribution in [3.05, 3.63) is 191 Å². The lowest BCUT2D eigenvalue weighted by molar-refractivity contribution is 0.673. The van der Waals surface area contributed by atoms with Crippen molar-refractivity contribution in [2.45, 2.75) is 33.1 Å². The molecule has 0 aliphatic carbocycles. The second kappa shape index (κ2) is 11.8. The SMILES string of the molecule is Cc1cc(-c2ccccc2)cc(-c2ccccc2)n1.Cc1cccc(C2(C)c3ccccc3-n3c4ccccc4c4cccc2c43)c1C. The van der Waals surface area contributed by atoms with Crippen molar-refractivity contribution in [2.24, 2.45) is 0 Å². The molecule has 3 heterocycles. The summed E-state index contributed by atoms with van der Waals surface area (Å²) in [4.78, 5) is 4.63. The number of aromatic nitrogens is 2. The normalized spacial score (nSPS) is 14.8. The van der Waals surface area contributed by atoms with Crippen LogP contribution in [0.4, 0.5) is 0 Å². The Balaban J connectivity index is 0.000000154. The molecule has 8 aromatic rings. The molecule has 48 heavy (non-hydrogen) atoms. The number of para-hydroxylation sites is 3. The van der Waals surface area contributed by atoms with Gasteiger partial charge >= 0.3 is 0 Å². The summed E-state index contributed by atoms with van der Waals surface area (Å²) in [7, 11) is 0. The van der Waals surface area contributed by atoms with Gasteiger partial charge in [-0.3, -0.25) is 4.98 Å². The van der Waals surface area contributed by atoms with Crippen molar-refractivity contribution in [2.75, 3.05) is 0 Å². The highest BCUT2D eigenvalue weighted by atomic mass is 15.0. The molecule has 0 amide bonds. The van der Waals surface area contributed by atoms with E-state index in [2.05, 4.69) is 164 Å². The van der Waals surface area contributed by atoms with E-state index in [0.29, 0.717) is 0 Å². The molecule has 0 bridgehead atoms. The molecule has 0 N–H and O–H groups in total. The van der Waals surface area contributed by atoms with Crippen LogP contribution in [0.3, 0.4) is 0 Å². The van der Waals surface area contributed by atoms with E-state index in [4.69, 9.17) is 0 Å². The summed E-state index contributed by atoms with van der Waals surface area (Å²) in [5.74, 6) is 0. The van der Waals surface area contributed by atoms with Gasteiger partial charge in [-0.2, -0.15) is 0 Å². The highest BCUT2D eigenvalue weighted by Crippen LogP contribution is 2.51. The third-order valence-corrected chi connectivity index (χ3v) is 10.2. The topological polar surface area (TPSA) is 17.8 Å². The minimum absolute atomic E-state index is 0.198. The van der Waals surface area contributed by atoms with Crippen LogP contribution in [-0.2, 0) is 5.41 Å². The predicted molar refractivity (Wildman–Crippen MR) is 202 cm³/mol. The van der Waals surface area contributed by atoms with E-state index in [1.807, 2.05) is 31.2 Å². The molecule has 0 spiro atoms. The minimum Gasteiger partial charge on any atom is -0.309 e. The molecule has 6 aromatic carbocycles. The molecule has 2 aromatic heterocycles. The number of benzene rings is 6. The van der Waals surface area contributed by atoms with Gasteiger partial charge < -0.3 is 4.57 Å². The van der Waals surface area contributed by atoms with Crippen LogP contribution in [0.15, 0.2) is 158 Å². The number of nitrogens with zero attached hydrogens (tertiary/aromatic N) is 2. The Morgan fingerprint density at radius 3 is 1.90 bits per heavy atom. The number of pyridine rings is 1. The lowest BCUT2D eigenvalue weighted by Crippen LogP contribution is -2.31. The van der Waals surface area contributed by atoms with Gasteiger partial charge in [0.15, 0.2) is 0 Å². The van der Waals surface area contributed by atoms with Gasteiger partial charge in [0.05, 0.1) is 22.4 Å². The lowest BCUT2D eigenvalue weighted by Gasteiger charge is -2.39. The van der Waals surface area contributed by atoms with E-state index in [-0.39, 0.29) is 5.41 Å². The van der Waals surface area contributed by atoms with Crippen LogP contribution in [0, 0.1) is 20.8 Å². The van der Waals surface area contributed by atoms with E-state index in [1.54, 1.807) is 0 Å². The standard InChI is InChI=1S/C28H23N.C18H15N/c1-18-10-8-14-22(19(18)2)28(3)23-13-5-7-17-26(23)29-25-16-6-4-11-20(25)21-12-9-15-24(28)27(21)29;1-14-12-17(15-8-4-2-5-9-15)13-18(19-14)16-10-6-3-7-11-16/h4-17H,1-3H3;2-13H,1H3. The number of hydrogen-bond donors (Lipinski definition) is 0. The van der Waals surface area contributed by atoms with Gasteiger partial charge in [0.25, 0.3) is 0 Å². The van der Waals surface area contributed by atoms with Crippen molar-refractivity contribution >= 4 is 21.8 Å². The van der Waals surface area contributed by atoms with Crippen molar-refractivity contribution in [1.29, 1.82) is 0 Å². The first-order valence-electron chi connectivity index (χ1n) is 16.7. The smallest absolute Gasteiger partial charge is 0.0711 e. The van der Waals surface area contributed by atoms with E-state index in [0.717, 1.165) is 17.0 Å². The number of rotatable bonds is 3. The van der Waals surface area contributed by atoms with Crippen LogP contribution in [0.2, 0.25) is 0 Å². The first-order valence-corrected chi connectivity index (χ1v) is 16.7. The van der Waals surface area contributed by atoms with E-state index < -0.39 is 0 Å². The van der Waals surface area contributed by atoms with Crippen LogP contribution in [0.5, 0.6) is 0 Å². The van der Waals surface area contributed by atoms with Crippen molar-refractivity contribution in [1.82, 2.24) is 9.55 Å². The Morgan fingerprint density at radius 1 is 0.500 bits per heavy atom. The molecule has 0 fully saturated rings. The van der Waals surface area contributed by atoms with Gasteiger partial charge in [-0.15, -0.1) is 0 Å². The Kier molecular flexibility index (Phi) is 7.30. The fourth-order valence-corrected chi connectivity index (χ4v) is 7.71. The summed E-state index contributed by atoms with van der Waals surface area (Å²) in [6.45, 7) is 8.93. The van der Waals surface area contributed by atoms with E-state index >= 15 is 0 Å². The number of aryl methyl sites for hydroxylation is 2. The molecular formula is C46H38N2. The van der Waals surface area contributed by atoms with Crippen LogP contribution in [0.1, 0.15) is 40.4 Å². The summed E-state index contributed by atoms with van der Waals surface area (Å²) in [6, 6.07) is 56.3. The number of fused-ring (bicyclic) bond motifs is 5. The second-order valence-corrected chi connectivity index (χ2v) is 13.1. The molecule has 2 heteroatoms. The monoisotopic (exact) mass is 618 g/mol. The molecule has 2 nitrogen and oxygen atoms in total. The fraction of sp³-hybridized carbons (Fsp3) is 0.109. The zero-order valence-corrected chi connectivity index (χ0v) is 27.9. The van der Waals surface area contributed by atoms with Gasteiger partial charge in [0, 0.05) is 27.4 Å². The molecule has 232 valence electrons. The van der Waals surface area contributed by atoms with E-state index in [9.17, 15) is 0 Å². The van der Waals surface area contributed by atoms with Gasteiger partial charge in [-0.25, -0.2) is 0 Å². The quantitative estimate of drug-likeness (QED) is 0.193. The fourth-order valence-electron chi connectivity index (χ4n) is 7.71. The van der Waals surface area contributed by atoms with E-state index in [1.165, 1.54) is 66.4 Å². The van der Waals surface area contributed by atoms with Crippen molar-refractivity contribution < 1.29 is 0 Å². The van der Waals surface area contributed by atoms with Gasteiger partial charge in [-0.1, -0.05) is 133 Å². The summed E-state index contributed by atoms with van der Waals surface area (Å²) in [5.41, 5.74) is 16.3. The zero-order chi connectivity index (χ0) is 32.8. The molecular weight excluding hydrogens is 581 g/mol. The summed E-state index contributed by atoms with van der Waals surface area (Å²) in [5, 5.41) is 2.66. The predicted octanol–water partition coefficient (Wildman–Crippen LogP) is 11.8. The van der Waals surface area contributed by atoms with Crippen LogP contribution < -0.4 is 0 Å². The lowest BCUT2D eigenvalue weighted by atomic mass is 9.67. The average molecular weight is 619 g/mol. The zero-order valence-electron chi connectivity index (χ0n) is 27.9. The molecule has 1 aliphatic rings. The molecule has 9 rings (SSSR count). The molecule has 1 unspecified atom stereocenters. The minimum atomic E-state index is -0.198. The second-order valence-electron chi connectivity index (χ2n) is 13.1. The Bertz CT molecular complexity index is 2380. The maximum Gasteiger partial charge on any atom is 0.0711 e. The summed E-state index contributed by atoms with van der Waals surface area (Å²) >= 11 is 0. The average Bonchev–Trinajstić information content (AvgIpc) is 3.48. The summed E-state index contributed by atoms with van der Waals surface area (Å²) in [6.07, 6.45) is 0. The highest BCUT2D eigenvalue weighted by Gasteiger charge is 2.40. The molecule has 0 saturated carbocycles. The van der Waals surface area contributed by atoms with Gasteiger partial charge in [-0.05, 0) is 90.9 Å². The first-order chi connectivity index (χ1) is 23.4. The van der Waals surface area contributed by atoms with Crippen molar-refractivity contribution in [3.8, 4) is 28.1 Å². The van der Waals surface area contributed by atoms with Crippen LogP contribution in [-0.4, -0.2) is 9.55 Å². The maximum absolute atomic E-state index is 4.63. The Labute approximate surface area is 283 Å². The Morgan fingerprint density at radius 2 is 1.10 bits per heavy atom. The molecule has 1 atom stereocenters. The molecule has 0 radical (unpaired) electrons. The van der Waals surface area contributed by atoms with Crippen molar-refractivity contribution in [3.63, 3.8) is 0 Å². The van der Waals surface area contributed by atoms with Crippen LogP contribution in [0.25, 0.3) is 49.9 Å². The van der Waals surface area contributed by atoms with Crippen LogP contribution >= 0.6 is 0 Å². The first kappa shape index (κ1) is 29.7. The highest BCUT2D eigenvalue weighted by molar-refractivity contribution is 6.11. The number of hydrogen-bond acceptors (Lipinski definition) is 1. The third kappa shape index (κ3) is 4.76. The maximum atomic E-state index is 4.63. The van der Waals surface area contributed by atoms with Gasteiger partial charge in [0.1, 0.15) is 0 Å². The van der Waals surface area contributed by atoms with Gasteiger partial charge in [0.2, 0.25) is 0 Å². The molecule has 1 aliphatic heterocycles. The Hall–Kier alpha value is -5.73.